The lowest BCUT2D eigenvalue weighted by molar-refractivity contribution is 0.314. The Balaban J connectivity index is 0.000000232. The van der Waals surface area contributed by atoms with Gasteiger partial charge in [0.25, 0.3) is 0 Å². The quantitative estimate of drug-likeness (QED) is 0.153. The van der Waals surface area contributed by atoms with Crippen LogP contribution in [0.4, 0.5) is 4.39 Å². The number of hydrogen-bond acceptors (Lipinski definition) is 3. The molecule has 0 bridgehead atoms. The second kappa shape index (κ2) is 15.9. The van der Waals surface area contributed by atoms with Gasteiger partial charge in [-0.05, 0) is 130 Å². The molecule has 3 aromatic carbocycles. The molecule has 0 saturated heterocycles. The van der Waals surface area contributed by atoms with Gasteiger partial charge in [-0.3, -0.25) is 4.99 Å². The highest BCUT2D eigenvalue weighted by atomic mass is 19.1. The molecule has 0 radical (unpaired) electrons. The third-order valence-electron chi connectivity index (χ3n) is 7.51. The molecule has 1 aromatic heterocycles. The second-order valence-electron chi connectivity index (χ2n) is 10.6. The van der Waals surface area contributed by atoms with E-state index in [2.05, 4.69) is 86.0 Å². The van der Waals surface area contributed by atoms with Gasteiger partial charge in [0.2, 0.25) is 0 Å². The highest BCUT2D eigenvalue weighted by molar-refractivity contribution is 5.82. The third-order valence-corrected chi connectivity index (χ3v) is 7.51. The highest BCUT2D eigenvalue weighted by Crippen LogP contribution is 2.29. The molecule has 1 heterocycles. The lowest BCUT2D eigenvalue weighted by Gasteiger charge is -2.14. The van der Waals surface area contributed by atoms with Crippen LogP contribution in [0.15, 0.2) is 88.1 Å². The Morgan fingerprint density at radius 1 is 0.952 bits per heavy atom. The predicted octanol–water partition coefficient (Wildman–Crippen LogP) is 10.4. The molecule has 42 heavy (non-hydrogen) atoms. The van der Waals surface area contributed by atoms with Gasteiger partial charge in [0.1, 0.15) is 17.4 Å². The number of hydrogen-bond donors (Lipinski definition) is 1. The van der Waals surface area contributed by atoms with E-state index in [1.807, 2.05) is 39.1 Å². The zero-order chi connectivity index (χ0) is 30.6. The largest absolute Gasteiger partial charge is 0.493 e. The van der Waals surface area contributed by atoms with E-state index in [-0.39, 0.29) is 5.82 Å². The number of aromatic amines is 1. The molecule has 0 aliphatic rings. The van der Waals surface area contributed by atoms with Gasteiger partial charge in [0.05, 0.1) is 17.6 Å². The molecular formula is C37H46FN3O. The number of aliphatic imine (C=N–C) groups is 1. The Morgan fingerprint density at radius 3 is 2.29 bits per heavy atom. The number of imidazole rings is 1. The van der Waals surface area contributed by atoms with E-state index < -0.39 is 0 Å². The number of rotatable bonds is 10. The van der Waals surface area contributed by atoms with Crippen molar-refractivity contribution in [1.29, 1.82) is 0 Å². The van der Waals surface area contributed by atoms with Crippen LogP contribution in [0.2, 0.25) is 0 Å². The van der Waals surface area contributed by atoms with E-state index in [9.17, 15) is 4.39 Å². The average molecular weight is 568 g/mol. The van der Waals surface area contributed by atoms with Crippen molar-refractivity contribution < 1.29 is 9.13 Å². The number of ether oxygens (including phenoxy) is 1. The maximum absolute atomic E-state index is 13.0. The average Bonchev–Trinajstić information content (AvgIpc) is 3.38. The summed E-state index contributed by atoms with van der Waals surface area (Å²) in [5.41, 5.74) is 11.8. The Kier molecular flexibility index (Phi) is 12.3. The Morgan fingerprint density at radius 2 is 1.64 bits per heavy atom. The molecule has 4 aromatic rings. The maximum atomic E-state index is 13.0. The fourth-order valence-corrected chi connectivity index (χ4v) is 4.84. The van der Waals surface area contributed by atoms with Crippen LogP contribution in [0.25, 0.3) is 22.2 Å². The first kappa shape index (κ1) is 32.5. The van der Waals surface area contributed by atoms with Gasteiger partial charge in [0, 0.05) is 11.9 Å². The zero-order valence-electron chi connectivity index (χ0n) is 26.6. The monoisotopic (exact) mass is 567 g/mol. The molecule has 0 spiro atoms. The van der Waals surface area contributed by atoms with Crippen LogP contribution in [-0.2, 0) is 12.8 Å². The molecule has 0 aliphatic carbocycles. The van der Waals surface area contributed by atoms with Crippen molar-refractivity contribution in [3.05, 3.63) is 106 Å². The third kappa shape index (κ3) is 8.75. The number of allylic oxidation sites excluding steroid dienone is 4. The number of benzene rings is 3. The topological polar surface area (TPSA) is 50.3 Å². The van der Waals surface area contributed by atoms with Gasteiger partial charge in [0.15, 0.2) is 0 Å². The summed E-state index contributed by atoms with van der Waals surface area (Å²) in [4.78, 5) is 12.2. The molecular weight excluding hydrogens is 521 g/mol. The minimum atomic E-state index is -0.195. The standard InChI is InChI=1S/C19H22N2O.C18H24FN/c1-4-10-22-19-9-7-15(11-14(19)5-2)16-6-8-17-18(12-16)21-13(3)20-17;1-6-13(3)14(4)18(15(5)20-7-2)12-16-8-10-17(19)11-9-16/h6-9,11-12H,4-5,10H2,1-3H3,(H,20,21);7-11H,6,12H2,1-5H3/b;14-13+,18-15-,20-7?. The fourth-order valence-electron chi connectivity index (χ4n) is 4.84. The summed E-state index contributed by atoms with van der Waals surface area (Å²) < 4.78 is 18.8. The molecule has 4 nitrogen and oxygen atoms in total. The number of halogens is 1. The van der Waals surface area contributed by atoms with Gasteiger partial charge in [-0.25, -0.2) is 9.37 Å². The summed E-state index contributed by atoms with van der Waals surface area (Å²) in [6.07, 6.45) is 5.63. The Labute approximate surface area is 251 Å². The Hall–Kier alpha value is -3.99. The smallest absolute Gasteiger partial charge is 0.123 e. The lowest BCUT2D eigenvalue weighted by atomic mass is 9.93. The van der Waals surface area contributed by atoms with Gasteiger partial charge in [-0.1, -0.05) is 50.6 Å². The van der Waals surface area contributed by atoms with E-state index in [0.717, 1.165) is 66.2 Å². The van der Waals surface area contributed by atoms with Gasteiger partial charge in [-0.2, -0.15) is 0 Å². The summed E-state index contributed by atoms with van der Waals surface area (Å²) in [6, 6.07) is 19.5. The number of H-pyrrole nitrogens is 1. The summed E-state index contributed by atoms with van der Waals surface area (Å²) in [5, 5.41) is 0. The first-order valence-electron chi connectivity index (χ1n) is 15.0. The molecule has 0 aliphatic heterocycles. The van der Waals surface area contributed by atoms with Gasteiger partial charge >= 0.3 is 0 Å². The van der Waals surface area contributed by atoms with E-state index in [1.54, 1.807) is 0 Å². The van der Waals surface area contributed by atoms with Crippen LogP contribution in [0, 0.1) is 12.7 Å². The number of fused-ring (bicyclic) bond motifs is 1. The Bertz CT molecular complexity index is 1560. The van der Waals surface area contributed by atoms with E-state index in [4.69, 9.17) is 4.74 Å². The molecule has 1 N–H and O–H groups in total. The fraction of sp³-hybridized carbons (Fsp3) is 0.351. The van der Waals surface area contributed by atoms with Crippen LogP contribution >= 0.6 is 0 Å². The van der Waals surface area contributed by atoms with Crippen molar-refractivity contribution in [2.75, 3.05) is 6.61 Å². The molecule has 0 saturated carbocycles. The molecule has 5 heteroatoms. The molecule has 0 unspecified atom stereocenters. The zero-order valence-corrected chi connectivity index (χ0v) is 26.6. The van der Waals surface area contributed by atoms with Gasteiger partial charge in [-0.15, -0.1) is 0 Å². The molecule has 222 valence electrons. The number of nitrogens with zero attached hydrogens (tertiary/aromatic N) is 2. The van der Waals surface area contributed by atoms with Crippen LogP contribution in [0.3, 0.4) is 0 Å². The van der Waals surface area contributed by atoms with Crippen LogP contribution < -0.4 is 4.74 Å². The number of nitrogens with one attached hydrogen (secondary N) is 1. The second-order valence-corrected chi connectivity index (χ2v) is 10.6. The van der Waals surface area contributed by atoms with Crippen molar-refractivity contribution in [2.45, 2.75) is 81.1 Å². The van der Waals surface area contributed by atoms with E-state index in [0.29, 0.717) is 0 Å². The van der Waals surface area contributed by atoms with Crippen LogP contribution in [0.5, 0.6) is 5.75 Å². The molecule has 4 rings (SSSR count). The van der Waals surface area contributed by atoms with Crippen molar-refractivity contribution in [3.8, 4) is 16.9 Å². The number of aryl methyl sites for hydroxylation is 2. The van der Waals surface area contributed by atoms with Crippen molar-refractivity contribution >= 4 is 17.2 Å². The summed E-state index contributed by atoms with van der Waals surface area (Å²) in [6.45, 7) is 17.5. The normalized spacial score (nSPS) is 12.6. The molecule has 0 fully saturated rings. The highest BCUT2D eigenvalue weighted by Gasteiger charge is 2.10. The summed E-state index contributed by atoms with van der Waals surface area (Å²) in [7, 11) is 0. The molecule has 0 amide bonds. The summed E-state index contributed by atoms with van der Waals surface area (Å²) >= 11 is 0. The lowest BCUT2D eigenvalue weighted by Crippen LogP contribution is -1.98. The van der Waals surface area contributed by atoms with Crippen molar-refractivity contribution in [1.82, 2.24) is 9.97 Å². The first-order valence-corrected chi connectivity index (χ1v) is 15.0. The minimum Gasteiger partial charge on any atom is -0.493 e. The molecule has 0 atom stereocenters. The van der Waals surface area contributed by atoms with Crippen LogP contribution in [0.1, 0.15) is 78.3 Å². The van der Waals surface area contributed by atoms with E-state index >= 15 is 0 Å². The van der Waals surface area contributed by atoms with Crippen molar-refractivity contribution in [3.63, 3.8) is 0 Å². The summed E-state index contributed by atoms with van der Waals surface area (Å²) in [5.74, 6) is 1.76. The van der Waals surface area contributed by atoms with Crippen LogP contribution in [-0.4, -0.2) is 22.8 Å². The minimum absolute atomic E-state index is 0.195. The van der Waals surface area contributed by atoms with E-state index in [1.165, 1.54) is 45.5 Å². The predicted molar refractivity (Wildman–Crippen MR) is 177 cm³/mol. The van der Waals surface area contributed by atoms with Crippen molar-refractivity contribution in [2.24, 2.45) is 4.99 Å². The first-order chi connectivity index (χ1) is 20.2. The maximum Gasteiger partial charge on any atom is 0.123 e. The SMILES string of the molecule is CC=N/C(C)=C(Cc1ccc(F)cc1)\C(C)=C(/C)CC.CCCOc1ccc(-c2ccc3nc(C)[nH]c3c2)cc1CC. The van der Waals surface area contributed by atoms with Gasteiger partial charge < -0.3 is 9.72 Å². The number of aromatic nitrogens is 2.